The van der Waals surface area contributed by atoms with Crippen LogP contribution in [0.15, 0.2) is 77.7 Å². The van der Waals surface area contributed by atoms with Crippen molar-refractivity contribution in [3.63, 3.8) is 0 Å². The lowest BCUT2D eigenvalue weighted by molar-refractivity contribution is -0.116. The molecule has 0 N–H and O–H groups in total. The van der Waals surface area contributed by atoms with E-state index in [1.54, 1.807) is 12.1 Å². The summed E-state index contributed by atoms with van der Waals surface area (Å²) in [6.07, 6.45) is 0. The van der Waals surface area contributed by atoms with Crippen LogP contribution in [0.3, 0.4) is 0 Å². The van der Waals surface area contributed by atoms with Crippen LogP contribution in [0.1, 0.15) is 18.1 Å². The molecule has 8 heteroatoms. The number of carbonyl (C=O) groups is 1. The fraction of sp³-hybridized carbons (Fsp3) is 0.200. The van der Waals surface area contributed by atoms with E-state index in [9.17, 15) is 13.2 Å². The van der Waals surface area contributed by atoms with Crippen molar-refractivity contribution in [2.75, 3.05) is 17.3 Å². The Labute approximate surface area is 197 Å². The maximum atomic E-state index is 13.3. The third-order valence-corrected chi connectivity index (χ3v) is 7.73. The average Bonchev–Trinajstić information content (AvgIpc) is 3.21. The molecule has 0 bridgehead atoms. The minimum atomic E-state index is -3.80. The predicted molar refractivity (Wildman–Crippen MR) is 132 cm³/mol. The van der Waals surface area contributed by atoms with E-state index in [-0.39, 0.29) is 11.4 Å². The van der Waals surface area contributed by atoms with E-state index in [0.29, 0.717) is 11.7 Å². The molecule has 0 fully saturated rings. The van der Waals surface area contributed by atoms with Crippen LogP contribution in [0, 0.1) is 6.92 Å². The molecule has 170 valence electrons. The predicted octanol–water partition coefficient (Wildman–Crippen LogP) is 5.01. The van der Waals surface area contributed by atoms with Gasteiger partial charge in [0.05, 0.1) is 28.3 Å². The number of aryl methyl sites for hydroxylation is 1. The van der Waals surface area contributed by atoms with Gasteiger partial charge in [-0.15, -0.1) is 0 Å². The summed E-state index contributed by atoms with van der Waals surface area (Å²) < 4.78 is 32.3. The van der Waals surface area contributed by atoms with Crippen molar-refractivity contribution < 1.29 is 17.9 Å². The second-order valence-corrected chi connectivity index (χ2v) is 10.6. The van der Waals surface area contributed by atoms with Gasteiger partial charge in [0.2, 0.25) is 5.91 Å². The lowest BCUT2D eigenvalue weighted by Crippen LogP contribution is -2.35. The monoisotopic (exact) mass is 480 g/mol. The molecule has 1 heterocycles. The molecule has 0 saturated carbocycles. The van der Waals surface area contributed by atoms with Crippen molar-refractivity contribution in [3.05, 3.63) is 83.9 Å². The number of rotatable bonds is 8. The number of hydrogen-bond donors (Lipinski definition) is 0. The fourth-order valence-electron chi connectivity index (χ4n) is 3.36. The molecular formula is C25H24N2O4S2. The maximum absolute atomic E-state index is 13.3. The zero-order chi connectivity index (χ0) is 23.4. The van der Waals surface area contributed by atoms with Crippen LogP contribution in [-0.2, 0) is 21.2 Å². The lowest BCUT2D eigenvalue weighted by atomic mass is 10.2. The van der Waals surface area contributed by atoms with E-state index in [2.05, 4.69) is 4.98 Å². The highest BCUT2D eigenvalue weighted by molar-refractivity contribution is 7.92. The SMILES string of the molecule is CCOc1ccc2nc(N(Cc3ccccc3)C(=O)CS(=O)(=O)c3ccc(C)cc3)sc2c1. The minimum absolute atomic E-state index is 0.131. The Morgan fingerprint density at radius 3 is 2.45 bits per heavy atom. The summed E-state index contributed by atoms with van der Waals surface area (Å²) in [5, 5.41) is 0.451. The molecule has 33 heavy (non-hydrogen) atoms. The van der Waals surface area contributed by atoms with Crippen LogP contribution in [-0.4, -0.2) is 31.7 Å². The first-order chi connectivity index (χ1) is 15.9. The van der Waals surface area contributed by atoms with Gasteiger partial charge in [-0.1, -0.05) is 59.4 Å². The highest BCUT2D eigenvalue weighted by atomic mass is 32.2. The molecule has 0 saturated heterocycles. The highest BCUT2D eigenvalue weighted by Crippen LogP contribution is 2.32. The van der Waals surface area contributed by atoms with Crippen molar-refractivity contribution in [1.29, 1.82) is 0 Å². The van der Waals surface area contributed by atoms with Gasteiger partial charge in [0.1, 0.15) is 11.5 Å². The number of thiazole rings is 1. The summed E-state index contributed by atoms with van der Waals surface area (Å²) in [5.41, 5.74) is 2.56. The van der Waals surface area contributed by atoms with Crippen molar-refractivity contribution in [1.82, 2.24) is 4.98 Å². The Morgan fingerprint density at radius 2 is 1.76 bits per heavy atom. The molecule has 0 aliphatic rings. The number of aromatic nitrogens is 1. The van der Waals surface area contributed by atoms with E-state index in [1.807, 2.05) is 62.4 Å². The van der Waals surface area contributed by atoms with Gasteiger partial charge in [-0.25, -0.2) is 13.4 Å². The summed E-state index contributed by atoms with van der Waals surface area (Å²) in [5.74, 6) is -0.435. The molecule has 1 amide bonds. The topological polar surface area (TPSA) is 76.6 Å². The second-order valence-electron chi connectivity index (χ2n) is 7.60. The number of nitrogens with zero attached hydrogens (tertiary/aromatic N) is 2. The largest absolute Gasteiger partial charge is 0.494 e. The molecule has 1 aromatic heterocycles. The molecule has 0 aliphatic carbocycles. The first kappa shape index (κ1) is 22.9. The van der Waals surface area contributed by atoms with Crippen LogP contribution in [0.4, 0.5) is 5.13 Å². The zero-order valence-electron chi connectivity index (χ0n) is 18.4. The number of benzene rings is 3. The van der Waals surface area contributed by atoms with Crippen LogP contribution in [0.5, 0.6) is 5.75 Å². The third kappa shape index (κ3) is 5.40. The van der Waals surface area contributed by atoms with Crippen molar-refractivity contribution >= 4 is 42.4 Å². The van der Waals surface area contributed by atoms with E-state index in [0.717, 1.165) is 27.1 Å². The molecule has 0 spiro atoms. The van der Waals surface area contributed by atoms with Gasteiger partial charge in [-0.3, -0.25) is 9.69 Å². The molecule has 0 radical (unpaired) electrons. The van der Waals surface area contributed by atoms with Crippen LogP contribution >= 0.6 is 11.3 Å². The maximum Gasteiger partial charge on any atom is 0.244 e. The molecular weight excluding hydrogens is 456 g/mol. The lowest BCUT2D eigenvalue weighted by Gasteiger charge is -2.20. The molecule has 0 aliphatic heterocycles. The third-order valence-electron chi connectivity index (χ3n) is 5.07. The van der Waals surface area contributed by atoms with E-state index < -0.39 is 21.5 Å². The molecule has 4 rings (SSSR count). The fourth-order valence-corrected chi connectivity index (χ4v) is 5.57. The number of carbonyl (C=O) groups excluding carboxylic acids is 1. The van der Waals surface area contributed by atoms with Crippen molar-refractivity contribution in [2.45, 2.75) is 25.3 Å². The molecule has 4 aromatic rings. The summed E-state index contributed by atoms with van der Waals surface area (Å²) in [6, 6.07) is 21.5. The Hall–Kier alpha value is -3.23. The summed E-state index contributed by atoms with van der Waals surface area (Å²) >= 11 is 1.34. The van der Waals surface area contributed by atoms with Gasteiger partial charge in [0.25, 0.3) is 0 Å². The van der Waals surface area contributed by atoms with E-state index in [4.69, 9.17) is 4.74 Å². The van der Waals surface area contributed by atoms with Gasteiger partial charge in [0.15, 0.2) is 15.0 Å². The summed E-state index contributed by atoms with van der Waals surface area (Å²) in [7, 11) is -3.80. The molecule has 0 atom stereocenters. The van der Waals surface area contributed by atoms with Gasteiger partial charge in [-0.2, -0.15) is 0 Å². The van der Waals surface area contributed by atoms with Gasteiger partial charge >= 0.3 is 0 Å². The Bertz CT molecular complexity index is 1360. The summed E-state index contributed by atoms with van der Waals surface area (Å²) in [4.78, 5) is 19.5. The van der Waals surface area contributed by atoms with Crippen LogP contribution < -0.4 is 9.64 Å². The minimum Gasteiger partial charge on any atom is -0.494 e. The first-order valence-electron chi connectivity index (χ1n) is 10.5. The number of ether oxygens (including phenoxy) is 1. The van der Waals surface area contributed by atoms with Crippen LogP contribution in [0.2, 0.25) is 0 Å². The number of amides is 1. The van der Waals surface area contributed by atoms with Gasteiger partial charge in [0, 0.05) is 0 Å². The quantitative estimate of drug-likeness (QED) is 0.354. The van der Waals surface area contributed by atoms with Gasteiger partial charge in [-0.05, 0) is 49.7 Å². The van der Waals surface area contributed by atoms with E-state index >= 15 is 0 Å². The number of fused-ring (bicyclic) bond motifs is 1. The smallest absolute Gasteiger partial charge is 0.244 e. The zero-order valence-corrected chi connectivity index (χ0v) is 20.0. The molecule has 3 aromatic carbocycles. The summed E-state index contributed by atoms with van der Waals surface area (Å²) in [6.45, 7) is 4.57. The average molecular weight is 481 g/mol. The number of anilines is 1. The van der Waals surface area contributed by atoms with Gasteiger partial charge < -0.3 is 4.74 Å². The van der Waals surface area contributed by atoms with E-state index in [1.165, 1.54) is 28.4 Å². The number of sulfone groups is 1. The Morgan fingerprint density at radius 1 is 1.03 bits per heavy atom. The van der Waals surface area contributed by atoms with Crippen molar-refractivity contribution in [3.8, 4) is 5.75 Å². The molecule has 6 nitrogen and oxygen atoms in total. The molecule has 0 unspecified atom stereocenters. The number of hydrogen-bond acceptors (Lipinski definition) is 6. The van der Waals surface area contributed by atoms with Crippen LogP contribution in [0.25, 0.3) is 10.2 Å². The normalized spacial score (nSPS) is 11.5. The first-order valence-corrected chi connectivity index (χ1v) is 13.0. The Kier molecular flexibility index (Phi) is 6.76. The highest BCUT2D eigenvalue weighted by Gasteiger charge is 2.27. The Balaban J connectivity index is 1.68. The second kappa shape index (κ2) is 9.72. The standard InChI is InChI=1S/C25H24N2O4S2/c1-3-31-20-11-14-22-23(15-20)32-25(26-22)27(16-19-7-5-4-6-8-19)24(28)17-33(29,30)21-12-9-18(2)10-13-21/h4-15H,3,16-17H2,1-2H3. The van der Waals surface area contributed by atoms with Crippen molar-refractivity contribution in [2.24, 2.45) is 0 Å².